The number of amides is 1. The lowest BCUT2D eigenvalue weighted by atomic mass is 10.0. The molecule has 0 saturated carbocycles. The van der Waals surface area contributed by atoms with E-state index in [0.29, 0.717) is 6.17 Å². The van der Waals surface area contributed by atoms with Gasteiger partial charge in [0, 0.05) is 20.3 Å². The first-order valence-electron chi connectivity index (χ1n) is 14.3. The molecule has 33 heavy (non-hydrogen) atoms. The van der Waals surface area contributed by atoms with Crippen LogP contribution >= 0.6 is 0 Å². The highest BCUT2D eigenvalue weighted by molar-refractivity contribution is 5.72. The van der Waals surface area contributed by atoms with Crippen LogP contribution in [0.5, 0.6) is 0 Å². The van der Waals surface area contributed by atoms with Gasteiger partial charge in [-0.15, -0.1) is 0 Å². The number of allylic oxidation sites excluding steroid dienone is 1. The lowest BCUT2D eigenvalue weighted by Crippen LogP contribution is -2.62. The molecule has 1 aliphatic heterocycles. The molecule has 0 aromatic carbocycles. The number of rotatable bonds is 21. The Morgan fingerprint density at radius 1 is 0.879 bits per heavy atom. The number of nitrogens with one attached hydrogen (secondary N) is 2. The molecule has 0 spiro atoms. The largest absolute Gasteiger partial charge is 0.337 e. The number of quaternary nitrogens is 1. The highest BCUT2D eigenvalue weighted by Gasteiger charge is 2.41. The van der Waals surface area contributed by atoms with E-state index < -0.39 is 0 Å². The minimum atomic E-state index is 0.0382. The van der Waals surface area contributed by atoms with Gasteiger partial charge in [0.15, 0.2) is 12.3 Å². The van der Waals surface area contributed by atoms with Crippen molar-refractivity contribution in [3.8, 4) is 0 Å². The summed E-state index contributed by atoms with van der Waals surface area (Å²) in [5, 5.41) is 6.58. The van der Waals surface area contributed by atoms with Gasteiger partial charge in [-0.2, -0.15) is 0 Å². The molecule has 1 heterocycles. The molecule has 3 atom stereocenters. The molecule has 1 rings (SSSR count). The number of hydrogen-bond donors (Lipinski definition) is 2. The fourth-order valence-electron chi connectivity index (χ4n) is 5.19. The van der Waals surface area contributed by atoms with Crippen LogP contribution in [0.3, 0.4) is 0 Å². The molecule has 0 bridgehead atoms. The zero-order valence-electron chi connectivity index (χ0n) is 22.5. The molecule has 0 saturated heterocycles. The van der Waals surface area contributed by atoms with Crippen molar-refractivity contribution in [2.45, 2.75) is 149 Å². The van der Waals surface area contributed by atoms with Crippen molar-refractivity contribution in [3.63, 3.8) is 0 Å². The Bertz CT molecular complexity index is 545. The summed E-state index contributed by atoms with van der Waals surface area (Å²) in [7, 11) is 0. The summed E-state index contributed by atoms with van der Waals surface area (Å²) in [6.07, 6.45) is 32.8. The van der Waals surface area contributed by atoms with Crippen LogP contribution in [0, 0.1) is 0 Å². The van der Waals surface area contributed by atoms with E-state index in [9.17, 15) is 4.79 Å². The number of unbranched alkanes of at least 4 members (excludes halogenated alkanes) is 15. The maximum atomic E-state index is 11.5. The lowest BCUT2D eigenvalue weighted by Gasteiger charge is -2.41. The first-order valence-corrected chi connectivity index (χ1v) is 14.3. The average Bonchev–Trinajstić information content (AvgIpc) is 3.22. The molecule has 192 valence electrons. The van der Waals surface area contributed by atoms with Crippen LogP contribution in [0.2, 0.25) is 0 Å². The second kappa shape index (κ2) is 19.1. The molecule has 0 fully saturated rings. The number of nitrogens with zero attached hydrogens (tertiary/aromatic N) is 1. The molecule has 0 aromatic heterocycles. The monoisotopic (exact) mass is 462 g/mol. The molecule has 0 aliphatic carbocycles. The normalized spacial score (nSPS) is 20.9. The molecular weight excluding hydrogens is 406 g/mol. The van der Waals surface area contributed by atoms with E-state index in [2.05, 4.69) is 56.0 Å². The zero-order chi connectivity index (χ0) is 24.2. The smallest absolute Gasteiger partial charge is 0.221 e. The molecule has 1 aliphatic rings. The summed E-state index contributed by atoms with van der Waals surface area (Å²) >= 11 is 0. The SMILES string of the molecule is CCCCCCCCCCCCCCCCC/C=C/CC1NC=C[N+]1(CC)C(C)NC(C)=O. The predicted molar refractivity (Wildman–Crippen MR) is 143 cm³/mol. The van der Waals surface area contributed by atoms with Gasteiger partial charge in [0.2, 0.25) is 5.91 Å². The molecule has 3 unspecified atom stereocenters. The van der Waals surface area contributed by atoms with Gasteiger partial charge >= 0.3 is 0 Å². The van der Waals surface area contributed by atoms with E-state index in [1.165, 1.54) is 103 Å². The lowest BCUT2D eigenvalue weighted by molar-refractivity contribution is -0.923. The fourth-order valence-corrected chi connectivity index (χ4v) is 5.19. The summed E-state index contributed by atoms with van der Waals surface area (Å²) in [6.45, 7) is 9.15. The van der Waals surface area contributed by atoms with Crippen LogP contribution in [0.4, 0.5) is 0 Å². The third-order valence-electron chi connectivity index (χ3n) is 7.40. The van der Waals surface area contributed by atoms with Gasteiger partial charge in [-0.25, -0.2) is 0 Å². The maximum Gasteiger partial charge on any atom is 0.221 e. The molecule has 4 nitrogen and oxygen atoms in total. The Labute approximate surface area is 206 Å². The molecule has 1 amide bonds. The van der Waals surface area contributed by atoms with Crippen molar-refractivity contribution < 1.29 is 9.28 Å². The molecular formula is C29H56N3O+. The van der Waals surface area contributed by atoms with Crippen LogP contribution < -0.4 is 10.6 Å². The van der Waals surface area contributed by atoms with Crippen LogP contribution in [-0.4, -0.2) is 29.3 Å². The third kappa shape index (κ3) is 12.7. The van der Waals surface area contributed by atoms with Crippen molar-refractivity contribution >= 4 is 5.91 Å². The number of carbonyl (C=O) groups is 1. The van der Waals surface area contributed by atoms with Gasteiger partial charge in [0.05, 0.1) is 12.7 Å². The molecule has 4 heteroatoms. The molecule has 2 N–H and O–H groups in total. The van der Waals surface area contributed by atoms with Crippen molar-refractivity contribution in [1.29, 1.82) is 0 Å². The minimum Gasteiger partial charge on any atom is -0.337 e. The van der Waals surface area contributed by atoms with E-state index in [4.69, 9.17) is 0 Å². The van der Waals surface area contributed by atoms with E-state index in [1.54, 1.807) is 6.92 Å². The molecule has 0 aromatic rings. The van der Waals surface area contributed by atoms with E-state index in [-0.39, 0.29) is 12.1 Å². The summed E-state index contributed by atoms with van der Waals surface area (Å²) in [5.41, 5.74) is 0. The fraction of sp³-hybridized carbons (Fsp3) is 0.828. The van der Waals surface area contributed by atoms with Gasteiger partial charge in [0.1, 0.15) is 6.20 Å². The number of carbonyl (C=O) groups excluding carboxylic acids is 1. The highest BCUT2D eigenvalue weighted by atomic mass is 16.1. The van der Waals surface area contributed by atoms with E-state index in [1.807, 2.05) is 0 Å². The average molecular weight is 463 g/mol. The topological polar surface area (TPSA) is 41.1 Å². The Balaban J connectivity index is 1.99. The van der Waals surface area contributed by atoms with Gasteiger partial charge in [-0.05, 0) is 19.8 Å². The predicted octanol–water partition coefficient (Wildman–Crippen LogP) is 7.91. The quantitative estimate of drug-likeness (QED) is 0.103. The van der Waals surface area contributed by atoms with Crippen molar-refractivity contribution in [1.82, 2.24) is 10.6 Å². The van der Waals surface area contributed by atoms with Crippen molar-refractivity contribution in [2.24, 2.45) is 0 Å². The zero-order valence-corrected chi connectivity index (χ0v) is 22.5. The molecule has 0 radical (unpaired) electrons. The highest BCUT2D eigenvalue weighted by Crippen LogP contribution is 2.24. The van der Waals surface area contributed by atoms with Crippen molar-refractivity contribution in [3.05, 3.63) is 24.6 Å². The van der Waals surface area contributed by atoms with Crippen LogP contribution in [0.15, 0.2) is 24.6 Å². The maximum absolute atomic E-state index is 11.5. The summed E-state index contributed by atoms with van der Waals surface area (Å²) in [5.74, 6) is 0.0382. The van der Waals surface area contributed by atoms with Gasteiger partial charge in [-0.1, -0.05) is 109 Å². The standard InChI is InChI=1S/C29H55N3O/c1-5-7-8-9-10-11-12-13-14-15-16-17-18-19-20-21-22-23-24-29-30-25-26-32(29,6-2)27(3)31-28(4)33/h22-23,25-27,29-30H,5-21,24H2,1-4H3/p+1/b23-22+. The Morgan fingerprint density at radius 3 is 1.88 bits per heavy atom. The summed E-state index contributed by atoms with van der Waals surface area (Å²) < 4.78 is 0.767. The first-order chi connectivity index (χ1) is 16.1. The Kier molecular flexibility index (Phi) is 17.2. The second-order valence-electron chi connectivity index (χ2n) is 10.1. The Morgan fingerprint density at radius 2 is 1.39 bits per heavy atom. The van der Waals surface area contributed by atoms with Crippen LogP contribution in [-0.2, 0) is 4.79 Å². The van der Waals surface area contributed by atoms with Gasteiger partial charge in [0.25, 0.3) is 0 Å². The van der Waals surface area contributed by atoms with Gasteiger partial charge < -0.3 is 10.6 Å². The van der Waals surface area contributed by atoms with Gasteiger partial charge in [-0.3, -0.25) is 9.28 Å². The number of hydrogen-bond acceptors (Lipinski definition) is 2. The summed E-state index contributed by atoms with van der Waals surface area (Å²) in [4.78, 5) is 11.5. The Hall–Kier alpha value is -1.29. The van der Waals surface area contributed by atoms with Crippen LogP contribution in [0.1, 0.15) is 137 Å². The van der Waals surface area contributed by atoms with E-state index in [0.717, 1.165) is 17.4 Å². The van der Waals surface area contributed by atoms with Crippen molar-refractivity contribution in [2.75, 3.05) is 6.54 Å². The first kappa shape index (κ1) is 29.7. The van der Waals surface area contributed by atoms with Crippen LogP contribution in [0.25, 0.3) is 0 Å². The third-order valence-corrected chi connectivity index (χ3v) is 7.40. The summed E-state index contributed by atoms with van der Waals surface area (Å²) in [6, 6.07) is 0. The minimum absolute atomic E-state index is 0.0382. The van der Waals surface area contributed by atoms with E-state index >= 15 is 0 Å². The second-order valence-corrected chi connectivity index (χ2v) is 10.1.